The quantitative estimate of drug-likeness (QED) is 0.735. The Kier molecular flexibility index (Phi) is 5.00. The fourth-order valence-corrected chi connectivity index (χ4v) is 2.51. The molecule has 3 aromatic carbocycles. The average Bonchev–Trinajstić information content (AvgIpc) is 2.68. The molecule has 0 aliphatic heterocycles. The van der Waals surface area contributed by atoms with E-state index in [4.69, 9.17) is 4.74 Å². The van der Waals surface area contributed by atoms with Crippen molar-refractivity contribution in [3.63, 3.8) is 0 Å². The Morgan fingerprint density at radius 3 is 2.04 bits per heavy atom. The predicted molar refractivity (Wildman–Crippen MR) is 102 cm³/mol. The van der Waals surface area contributed by atoms with E-state index in [9.17, 15) is 4.79 Å². The normalized spacial score (nSPS) is 10.2. The van der Waals surface area contributed by atoms with Crippen LogP contribution in [-0.4, -0.2) is 20.1 Å². The molecule has 0 atom stereocenters. The van der Waals surface area contributed by atoms with Crippen LogP contribution in [0.3, 0.4) is 0 Å². The fraction of sp³-hybridized carbons (Fsp3) is 0.0952. The van der Waals surface area contributed by atoms with E-state index in [0.29, 0.717) is 5.56 Å². The van der Waals surface area contributed by atoms with Crippen LogP contribution in [0.4, 0.5) is 17.1 Å². The van der Waals surface area contributed by atoms with Crippen LogP contribution in [0.15, 0.2) is 78.9 Å². The molecule has 0 spiro atoms. The first kappa shape index (κ1) is 16.6. The minimum Gasteiger partial charge on any atom is -0.497 e. The predicted octanol–water partition coefficient (Wildman–Crippen LogP) is 4.72. The molecule has 3 rings (SSSR count). The second-order valence-corrected chi connectivity index (χ2v) is 5.62. The maximum absolute atomic E-state index is 12.3. The molecule has 0 radical (unpaired) electrons. The molecule has 0 saturated carbocycles. The van der Waals surface area contributed by atoms with Crippen molar-refractivity contribution in [2.45, 2.75) is 0 Å². The van der Waals surface area contributed by atoms with Crippen LogP contribution in [0.5, 0.6) is 5.75 Å². The largest absolute Gasteiger partial charge is 0.497 e. The third kappa shape index (κ3) is 3.98. The van der Waals surface area contributed by atoms with Gasteiger partial charge in [0.15, 0.2) is 0 Å². The van der Waals surface area contributed by atoms with Gasteiger partial charge < -0.3 is 15.0 Å². The van der Waals surface area contributed by atoms with Gasteiger partial charge in [-0.15, -0.1) is 0 Å². The van der Waals surface area contributed by atoms with E-state index in [-0.39, 0.29) is 5.91 Å². The summed E-state index contributed by atoms with van der Waals surface area (Å²) in [5, 5.41) is 2.90. The summed E-state index contributed by atoms with van der Waals surface area (Å²) < 4.78 is 5.10. The van der Waals surface area contributed by atoms with E-state index in [1.54, 1.807) is 31.4 Å². The summed E-state index contributed by atoms with van der Waals surface area (Å²) in [5.74, 6) is 0.580. The van der Waals surface area contributed by atoms with E-state index < -0.39 is 0 Å². The molecule has 25 heavy (non-hydrogen) atoms. The van der Waals surface area contributed by atoms with E-state index in [1.807, 2.05) is 49.5 Å². The van der Waals surface area contributed by atoms with Crippen molar-refractivity contribution in [1.29, 1.82) is 0 Å². The highest BCUT2D eigenvalue weighted by Gasteiger charge is 2.07. The molecule has 0 aliphatic carbocycles. The van der Waals surface area contributed by atoms with E-state index >= 15 is 0 Å². The van der Waals surface area contributed by atoms with Crippen molar-refractivity contribution in [3.05, 3.63) is 84.4 Å². The van der Waals surface area contributed by atoms with Gasteiger partial charge in [0.25, 0.3) is 5.91 Å². The van der Waals surface area contributed by atoms with Gasteiger partial charge in [0.2, 0.25) is 0 Å². The maximum Gasteiger partial charge on any atom is 0.255 e. The minimum atomic E-state index is -0.146. The second kappa shape index (κ2) is 7.53. The first-order valence-corrected chi connectivity index (χ1v) is 8.01. The number of nitrogens with zero attached hydrogens (tertiary/aromatic N) is 1. The van der Waals surface area contributed by atoms with Gasteiger partial charge in [-0.05, 0) is 60.7 Å². The number of rotatable bonds is 5. The van der Waals surface area contributed by atoms with Gasteiger partial charge in [0, 0.05) is 29.7 Å². The summed E-state index contributed by atoms with van der Waals surface area (Å²) in [5.41, 5.74) is 3.50. The number of ether oxygens (including phenoxy) is 1. The van der Waals surface area contributed by atoms with Gasteiger partial charge in [-0.2, -0.15) is 0 Å². The number of carbonyl (C=O) groups excluding carboxylic acids is 1. The monoisotopic (exact) mass is 332 g/mol. The molecule has 4 heteroatoms. The fourth-order valence-electron chi connectivity index (χ4n) is 2.51. The third-order valence-electron chi connectivity index (χ3n) is 4.01. The van der Waals surface area contributed by atoms with Gasteiger partial charge in [-0.3, -0.25) is 4.79 Å². The smallest absolute Gasteiger partial charge is 0.255 e. The Morgan fingerprint density at radius 1 is 0.840 bits per heavy atom. The summed E-state index contributed by atoms with van der Waals surface area (Å²) in [4.78, 5) is 14.4. The molecular formula is C21H20N2O2. The first-order valence-electron chi connectivity index (χ1n) is 8.01. The number of nitrogens with one attached hydrogen (secondary N) is 1. The highest BCUT2D eigenvalue weighted by atomic mass is 16.5. The number of hydrogen-bond donors (Lipinski definition) is 1. The van der Waals surface area contributed by atoms with Crippen molar-refractivity contribution < 1.29 is 9.53 Å². The van der Waals surface area contributed by atoms with Crippen molar-refractivity contribution in [2.24, 2.45) is 0 Å². The molecule has 126 valence electrons. The SMILES string of the molecule is COc1ccc(C(=O)Nc2ccc(N(C)c3ccccc3)cc2)cc1. The Labute approximate surface area is 147 Å². The maximum atomic E-state index is 12.3. The molecule has 3 aromatic rings. The van der Waals surface area contributed by atoms with Crippen molar-refractivity contribution in [3.8, 4) is 5.75 Å². The lowest BCUT2D eigenvalue weighted by Crippen LogP contribution is -2.12. The zero-order valence-electron chi connectivity index (χ0n) is 14.3. The molecular weight excluding hydrogens is 312 g/mol. The highest BCUT2D eigenvalue weighted by Crippen LogP contribution is 2.24. The van der Waals surface area contributed by atoms with Crippen LogP contribution in [-0.2, 0) is 0 Å². The Morgan fingerprint density at radius 2 is 1.44 bits per heavy atom. The molecule has 0 bridgehead atoms. The Balaban J connectivity index is 1.68. The molecule has 0 aromatic heterocycles. The van der Waals surface area contributed by atoms with E-state index in [1.165, 1.54) is 0 Å². The molecule has 1 N–H and O–H groups in total. The summed E-state index contributed by atoms with van der Waals surface area (Å²) in [7, 11) is 3.61. The lowest BCUT2D eigenvalue weighted by Gasteiger charge is -2.19. The highest BCUT2D eigenvalue weighted by molar-refractivity contribution is 6.04. The Hall–Kier alpha value is -3.27. The van der Waals surface area contributed by atoms with Crippen LogP contribution in [0.1, 0.15) is 10.4 Å². The van der Waals surface area contributed by atoms with Gasteiger partial charge >= 0.3 is 0 Å². The number of para-hydroxylation sites is 1. The van der Waals surface area contributed by atoms with Crippen LogP contribution in [0.25, 0.3) is 0 Å². The molecule has 0 heterocycles. The van der Waals surface area contributed by atoms with E-state index in [2.05, 4.69) is 22.3 Å². The summed E-state index contributed by atoms with van der Waals surface area (Å²) in [6.07, 6.45) is 0. The zero-order valence-corrected chi connectivity index (χ0v) is 14.3. The molecule has 1 amide bonds. The Bertz CT molecular complexity index is 828. The van der Waals surface area contributed by atoms with Crippen molar-refractivity contribution in [1.82, 2.24) is 0 Å². The zero-order chi connectivity index (χ0) is 17.6. The number of carbonyl (C=O) groups is 1. The van der Waals surface area contributed by atoms with Gasteiger partial charge in [-0.25, -0.2) is 0 Å². The first-order chi connectivity index (χ1) is 12.2. The lowest BCUT2D eigenvalue weighted by molar-refractivity contribution is 0.102. The van der Waals surface area contributed by atoms with Gasteiger partial charge in [-0.1, -0.05) is 18.2 Å². The van der Waals surface area contributed by atoms with Crippen LogP contribution < -0.4 is 15.0 Å². The summed E-state index contributed by atoms with van der Waals surface area (Å²) >= 11 is 0. The average molecular weight is 332 g/mol. The molecule has 0 fully saturated rings. The second-order valence-electron chi connectivity index (χ2n) is 5.62. The van der Waals surface area contributed by atoms with Crippen LogP contribution in [0, 0.1) is 0 Å². The van der Waals surface area contributed by atoms with Gasteiger partial charge in [0.1, 0.15) is 5.75 Å². The van der Waals surface area contributed by atoms with Gasteiger partial charge in [0.05, 0.1) is 7.11 Å². The van der Waals surface area contributed by atoms with Crippen LogP contribution >= 0.6 is 0 Å². The minimum absolute atomic E-state index is 0.146. The lowest BCUT2D eigenvalue weighted by atomic mass is 10.2. The van der Waals surface area contributed by atoms with Crippen LogP contribution in [0.2, 0.25) is 0 Å². The molecule has 0 aliphatic rings. The molecule has 0 unspecified atom stereocenters. The van der Waals surface area contributed by atoms with Crippen molar-refractivity contribution >= 4 is 23.0 Å². The van der Waals surface area contributed by atoms with E-state index in [0.717, 1.165) is 22.8 Å². The number of amides is 1. The summed E-state index contributed by atoms with van der Waals surface area (Å²) in [6, 6.07) is 24.9. The number of anilines is 3. The number of hydrogen-bond acceptors (Lipinski definition) is 3. The standard InChI is InChI=1S/C21H20N2O2/c1-23(18-6-4-3-5-7-18)19-12-10-17(11-13-19)22-21(24)16-8-14-20(25-2)15-9-16/h3-15H,1-2H3,(H,22,24). The number of benzene rings is 3. The molecule has 4 nitrogen and oxygen atoms in total. The topological polar surface area (TPSA) is 41.6 Å². The molecule has 0 saturated heterocycles. The third-order valence-corrected chi connectivity index (χ3v) is 4.01. The van der Waals surface area contributed by atoms with Crippen molar-refractivity contribution in [2.75, 3.05) is 24.4 Å². The number of methoxy groups -OCH3 is 1. The summed E-state index contributed by atoms with van der Waals surface area (Å²) in [6.45, 7) is 0.